The van der Waals surface area contributed by atoms with Crippen molar-refractivity contribution in [1.82, 2.24) is 5.32 Å². The molecule has 54 heavy (non-hydrogen) atoms. The van der Waals surface area contributed by atoms with E-state index in [0.29, 0.717) is 25.9 Å². The van der Waals surface area contributed by atoms with E-state index < -0.39 is 12.1 Å². The molecule has 0 rings (SSSR count). The van der Waals surface area contributed by atoms with E-state index >= 15 is 0 Å². The summed E-state index contributed by atoms with van der Waals surface area (Å²) in [4.78, 5) is 24.4. The SMILES string of the molecule is CCCCCCC/C=C\CCCCCCCC(=O)OCCCCCCCCCCCCC(=O)NC(CO)C(O)CCCCCCCCCCCCCCC. The Morgan fingerprint density at radius 3 is 1.31 bits per heavy atom. The predicted octanol–water partition coefficient (Wildman–Crippen LogP) is 13.8. The zero-order valence-electron chi connectivity index (χ0n) is 36.2. The van der Waals surface area contributed by atoms with Crippen LogP contribution in [0.15, 0.2) is 12.2 Å². The molecule has 0 radical (unpaired) electrons. The maximum absolute atomic E-state index is 12.4. The summed E-state index contributed by atoms with van der Waals surface area (Å²) >= 11 is 0. The average molecular weight is 764 g/mol. The molecule has 320 valence electrons. The molecule has 0 fully saturated rings. The number of carbonyl (C=O) groups is 2. The summed E-state index contributed by atoms with van der Waals surface area (Å²) < 4.78 is 5.44. The van der Waals surface area contributed by atoms with Crippen molar-refractivity contribution in [3.8, 4) is 0 Å². The Labute approximate surface area is 336 Å². The van der Waals surface area contributed by atoms with Gasteiger partial charge in [-0.2, -0.15) is 0 Å². The lowest BCUT2D eigenvalue weighted by Crippen LogP contribution is -2.45. The number of hydrogen-bond acceptors (Lipinski definition) is 5. The minimum Gasteiger partial charge on any atom is -0.466 e. The fourth-order valence-electron chi connectivity index (χ4n) is 7.34. The van der Waals surface area contributed by atoms with E-state index in [9.17, 15) is 19.8 Å². The van der Waals surface area contributed by atoms with E-state index in [-0.39, 0.29) is 18.5 Å². The summed E-state index contributed by atoms with van der Waals surface area (Å²) in [7, 11) is 0. The number of ether oxygens (including phenoxy) is 1. The van der Waals surface area contributed by atoms with Gasteiger partial charge in [0.15, 0.2) is 0 Å². The Kier molecular flexibility index (Phi) is 43.2. The van der Waals surface area contributed by atoms with E-state index in [1.165, 1.54) is 167 Å². The number of nitrogens with one attached hydrogen (secondary N) is 1. The van der Waals surface area contributed by atoms with Crippen molar-refractivity contribution >= 4 is 11.9 Å². The second kappa shape index (κ2) is 44.3. The Morgan fingerprint density at radius 1 is 0.500 bits per heavy atom. The molecule has 0 spiro atoms. The summed E-state index contributed by atoms with van der Waals surface area (Å²) in [6.45, 7) is 4.88. The van der Waals surface area contributed by atoms with Crippen LogP contribution in [0.4, 0.5) is 0 Å². The first kappa shape index (κ1) is 52.6. The largest absolute Gasteiger partial charge is 0.466 e. The normalized spacial score (nSPS) is 12.7. The first-order valence-corrected chi connectivity index (χ1v) is 23.9. The van der Waals surface area contributed by atoms with Gasteiger partial charge in [-0.1, -0.05) is 206 Å². The molecule has 6 nitrogen and oxygen atoms in total. The van der Waals surface area contributed by atoms with Gasteiger partial charge in [0.1, 0.15) is 0 Å². The summed E-state index contributed by atoms with van der Waals surface area (Å²) in [5.74, 6) is -0.0858. The number of allylic oxidation sites excluding steroid dienone is 2. The van der Waals surface area contributed by atoms with Crippen molar-refractivity contribution in [3.63, 3.8) is 0 Å². The number of aliphatic hydroxyl groups excluding tert-OH is 2. The first-order chi connectivity index (χ1) is 26.5. The van der Waals surface area contributed by atoms with Gasteiger partial charge in [-0.3, -0.25) is 9.59 Å². The van der Waals surface area contributed by atoms with Crippen molar-refractivity contribution < 1.29 is 24.5 Å². The highest BCUT2D eigenvalue weighted by atomic mass is 16.5. The van der Waals surface area contributed by atoms with Crippen LogP contribution < -0.4 is 5.32 Å². The van der Waals surface area contributed by atoms with Crippen molar-refractivity contribution in [1.29, 1.82) is 0 Å². The molecule has 2 unspecified atom stereocenters. The summed E-state index contributed by atoms with van der Waals surface area (Å²) in [5.41, 5.74) is 0. The van der Waals surface area contributed by atoms with Crippen molar-refractivity contribution in [2.24, 2.45) is 0 Å². The molecule has 0 saturated carbocycles. The van der Waals surface area contributed by atoms with Crippen LogP contribution in [0.1, 0.15) is 258 Å². The molecule has 6 heteroatoms. The van der Waals surface area contributed by atoms with Crippen LogP contribution in [0.25, 0.3) is 0 Å². The topological polar surface area (TPSA) is 95.9 Å². The van der Waals surface area contributed by atoms with Gasteiger partial charge in [-0.15, -0.1) is 0 Å². The lowest BCUT2D eigenvalue weighted by Gasteiger charge is -2.22. The van der Waals surface area contributed by atoms with Crippen LogP contribution in [-0.2, 0) is 14.3 Å². The fourth-order valence-corrected chi connectivity index (χ4v) is 7.34. The van der Waals surface area contributed by atoms with Gasteiger partial charge in [0.2, 0.25) is 5.91 Å². The molecule has 0 aromatic rings. The molecule has 0 aliphatic heterocycles. The van der Waals surface area contributed by atoms with Crippen molar-refractivity contribution in [3.05, 3.63) is 12.2 Å². The third kappa shape index (κ3) is 40.3. The number of rotatable bonds is 44. The molecule has 0 aliphatic rings. The number of hydrogen-bond donors (Lipinski definition) is 3. The molecule has 0 aromatic heterocycles. The Bertz CT molecular complexity index is 802. The smallest absolute Gasteiger partial charge is 0.305 e. The molecule has 0 bridgehead atoms. The maximum Gasteiger partial charge on any atom is 0.305 e. The molecule has 0 aromatic carbocycles. The highest BCUT2D eigenvalue weighted by Gasteiger charge is 2.20. The van der Waals surface area contributed by atoms with Crippen LogP contribution in [0, 0.1) is 0 Å². The molecule has 0 heterocycles. The number of esters is 1. The Morgan fingerprint density at radius 2 is 0.870 bits per heavy atom. The standard InChI is InChI=1S/C48H93NO5/c1-3-5-7-9-11-13-15-17-19-21-26-30-34-38-42-48(53)54-43-39-35-31-27-23-22-25-29-33-37-41-47(52)49-45(44-50)46(51)40-36-32-28-24-20-18-16-14-12-10-8-6-4-2/h15,17,45-46,50-51H,3-14,16,18-44H2,1-2H3,(H,49,52)/b17-15-. The van der Waals surface area contributed by atoms with E-state index in [1.54, 1.807) is 0 Å². The van der Waals surface area contributed by atoms with Crippen LogP contribution in [-0.4, -0.2) is 47.4 Å². The van der Waals surface area contributed by atoms with Gasteiger partial charge in [0, 0.05) is 12.8 Å². The molecule has 2 atom stereocenters. The molecular weight excluding hydrogens is 671 g/mol. The second-order valence-electron chi connectivity index (χ2n) is 16.4. The van der Waals surface area contributed by atoms with Crippen molar-refractivity contribution in [2.45, 2.75) is 270 Å². The van der Waals surface area contributed by atoms with Crippen molar-refractivity contribution in [2.75, 3.05) is 13.2 Å². The quantitative estimate of drug-likeness (QED) is 0.0326. The lowest BCUT2D eigenvalue weighted by atomic mass is 10.0. The highest BCUT2D eigenvalue weighted by Crippen LogP contribution is 2.16. The second-order valence-corrected chi connectivity index (χ2v) is 16.4. The molecular formula is C48H93NO5. The zero-order valence-corrected chi connectivity index (χ0v) is 36.2. The first-order valence-electron chi connectivity index (χ1n) is 23.9. The number of amides is 1. The Hall–Kier alpha value is -1.40. The Balaban J connectivity index is 3.48. The third-order valence-corrected chi connectivity index (χ3v) is 11.1. The molecule has 3 N–H and O–H groups in total. The van der Waals surface area contributed by atoms with Gasteiger partial charge in [0.25, 0.3) is 0 Å². The van der Waals surface area contributed by atoms with E-state index in [2.05, 4.69) is 31.3 Å². The highest BCUT2D eigenvalue weighted by molar-refractivity contribution is 5.76. The minimum absolute atomic E-state index is 0.0274. The minimum atomic E-state index is -0.677. The van der Waals surface area contributed by atoms with Gasteiger partial charge in [-0.05, 0) is 51.4 Å². The third-order valence-electron chi connectivity index (χ3n) is 11.1. The van der Waals surface area contributed by atoms with E-state index in [1.807, 2.05) is 0 Å². The van der Waals surface area contributed by atoms with Gasteiger partial charge < -0.3 is 20.3 Å². The van der Waals surface area contributed by atoms with Gasteiger partial charge in [0.05, 0.1) is 25.4 Å². The van der Waals surface area contributed by atoms with Crippen LogP contribution in [0.3, 0.4) is 0 Å². The molecule has 1 amide bonds. The maximum atomic E-state index is 12.4. The molecule has 0 aliphatic carbocycles. The number of unbranched alkanes of at least 4 members (excludes halogenated alkanes) is 31. The monoisotopic (exact) mass is 764 g/mol. The summed E-state index contributed by atoms with van der Waals surface area (Å²) in [6.07, 6.45) is 48.8. The van der Waals surface area contributed by atoms with E-state index in [0.717, 1.165) is 57.8 Å². The lowest BCUT2D eigenvalue weighted by molar-refractivity contribution is -0.143. The zero-order chi connectivity index (χ0) is 39.4. The van der Waals surface area contributed by atoms with Crippen LogP contribution in [0.2, 0.25) is 0 Å². The number of aliphatic hydroxyl groups is 2. The van der Waals surface area contributed by atoms with E-state index in [4.69, 9.17) is 4.74 Å². The summed E-state index contributed by atoms with van der Waals surface area (Å²) in [5, 5.41) is 23.1. The van der Waals surface area contributed by atoms with Gasteiger partial charge in [-0.25, -0.2) is 0 Å². The van der Waals surface area contributed by atoms with Crippen LogP contribution in [0.5, 0.6) is 0 Å². The molecule has 0 saturated heterocycles. The van der Waals surface area contributed by atoms with Crippen LogP contribution >= 0.6 is 0 Å². The average Bonchev–Trinajstić information content (AvgIpc) is 3.17. The number of carbonyl (C=O) groups excluding carboxylic acids is 2. The van der Waals surface area contributed by atoms with Gasteiger partial charge >= 0.3 is 5.97 Å². The fraction of sp³-hybridized carbons (Fsp3) is 0.917. The summed E-state index contributed by atoms with van der Waals surface area (Å²) in [6, 6.07) is -0.556. The predicted molar refractivity (Wildman–Crippen MR) is 232 cm³/mol.